The first-order valence-electron chi connectivity index (χ1n) is 20.3. The van der Waals surface area contributed by atoms with Crippen LogP contribution in [0.3, 0.4) is 0 Å². The molecular weight excluding hydrogens is 747 g/mol. The maximum absolute atomic E-state index is 13.3. The van der Waals surface area contributed by atoms with Crippen molar-refractivity contribution in [3.05, 3.63) is 89.9 Å². The maximum atomic E-state index is 13.3. The number of likely N-dealkylation sites (tertiary alicyclic amines) is 1. The first-order chi connectivity index (χ1) is 28.7. The van der Waals surface area contributed by atoms with Gasteiger partial charge < -0.3 is 25.2 Å². The van der Waals surface area contributed by atoms with Crippen molar-refractivity contribution in [2.24, 2.45) is 7.05 Å². The summed E-state index contributed by atoms with van der Waals surface area (Å²) in [6.45, 7) is 8.56. The van der Waals surface area contributed by atoms with Crippen LogP contribution in [0.2, 0.25) is 0 Å². The highest BCUT2D eigenvalue weighted by Crippen LogP contribution is 2.36. The molecule has 10 rings (SSSR count). The number of benzene rings is 3. The molecule has 1 atom stereocenters. The Bertz CT molecular complexity index is 2630. The van der Waals surface area contributed by atoms with E-state index < -0.39 is 5.92 Å². The number of pyridine rings is 1. The number of piperidine rings is 1. The van der Waals surface area contributed by atoms with Gasteiger partial charge in [-0.05, 0) is 66.4 Å². The van der Waals surface area contributed by atoms with Crippen LogP contribution in [0, 0.1) is 6.92 Å². The normalized spacial score (nSPS) is 18.6. The van der Waals surface area contributed by atoms with Crippen LogP contribution >= 0.6 is 0 Å². The van der Waals surface area contributed by atoms with Crippen molar-refractivity contribution in [1.82, 2.24) is 39.8 Å². The molecule has 3 aromatic heterocycles. The minimum Gasteiger partial charge on any atom is -0.474 e. The van der Waals surface area contributed by atoms with Gasteiger partial charge in [0.15, 0.2) is 0 Å². The Morgan fingerprint density at radius 3 is 2.61 bits per heavy atom. The van der Waals surface area contributed by atoms with Gasteiger partial charge in [-0.3, -0.25) is 29.3 Å². The predicted octanol–water partition coefficient (Wildman–Crippen LogP) is 4.53. The molecule has 3 amide bonds. The molecule has 7 heterocycles. The minimum atomic E-state index is -0.417. The summed E-state index contributed by atoms with van der Waals surface area (Å²) in [5, 5.41) is 15.8. The molecule has 59 heavy (non-hydrogen) atoms. The van der Waals surface area contributed by atoms with Crippen LogP contribution in [0.25, 0.3) is 32.9 Å². The number of fused-ring (bicyclic) bond motifs is 3. The second-order valence-electron chi connectivity index (χ2n) is 15.9. The SMILES string of the molecule is Cc1c(-c2ccc3cnc(Nc4ccc(CC(=O)N5CC(N6CCN(c7ccc8c(C9CCC(=O)NC9=O)nn(C)c8c7)CC6)C5)cc4)nc3c2)cnc2c1NCCO2. The molecular formula is C44H45N11O4. The summed E-state index contributed by atoms with van der Waals surface area (Å²) in [7, 11) is 1.90. The van der Waals surface area contributed by atoms with Gasteiger partial charge >= 0.3 is 0 Å². The lowest BCUT2D eigenvalue weighted by Crippen LogP contribution is -2.64. The quantitative estimate of drug-likeness (QED) is 0.185. The number of carbonyl (C=O) groups is 3. The highest BCUT2D eigenvalue weighted by molar-refractivity contribution is 6.02. The van der Waals surface area contributed by atoms with Crippen molar-refractivity contribution in [3.63, 3.8) is 0 Å². The summed E-state index contributed by atoms with van der Waals surface area (Å²) < 4.78 is 7.54. The first-order valence-corrected chi connectivity index (χ1v) is 20.3. The highest BCUT2D eigenvalue weighted by atomic mass is 16.5. The lowest BCUT2D eigenvalue weighted by Gasteiger charge is -2.48. The van der Waals surface area contributed by atoms with E-state index >= 15 is 0 Å². The predicted molar refractivity (Wildman–Crippen MR) is 225 cm³/mol. The molecule has 4 aliphatic heterocycles. The van der Waals surface area contributed by atoms with Crippen molar-refractivity contribution in [2.75, 3.05) is 68.0 Å². The Kier molecular flexibility index (Phi) is 9.31. The Balaban J connectivity index is 0.710. The van der Waals surface area contributed by atoms with Gasteiger partial charge in [0.25, 0.3) is 0 Å². The maximum Gasteiger partial charge on any atom is 0.237 e. The van der Waals surface area contributed by atoms with Crippen molar-refractivity contribution < 1.29 is 19.1 Å². The second-order valence-corrected chi connectivity index (χ2v) is 15.9. The van der Waals surface area contributed by atoms with E-state index in [9.17, 15) is 14.4 Å². The topological polar surface area (TPSA) is 163 Å². The summed E-state index contributed by atoms with van der Waals surface area (Å²) in [5.74, 6) is 0.370. The molecule has 0 spiro atoms. The van der Waals surface area contributed by atoms with Gasteiger partial charge in [-0.25, -0.2) is 15.0 Å². The van der Waals surface area contributed by atoms with Gasteiger partial charge in [0.05, 0.1) is 29.1 Å². The van der Waals surface area contributed by atoms with Gasteiger partial charge in [0.2, 0.25) is 29.5 Å². The lowest BCUT2D eigenvalue weighted by molar-refractivity contribution is -0.138. The van der Waals surface area contributed by atoms with Crippen molar-refractivity contribution in [3.8, 4) is 17.0 Å². The zero-order chi connectivity index (χ0) is 40.2. The zero-order valence-corrected chi connectivity index (χ0v) is 33.1. The number of aromatic nitrogens is 5. The largest absolute Gasteiger partial charge is 0.474 e. The number of rotatable bonds is 8. The van der Waals surface area contributed by atoms with E-state index in [4.69, 9.17) is 14.8 Å². The lowest BCUT2D eigenvalue weighted by atomic mass is 9.93. The fourth-order valence-electron chi connectivity index (χ4n) is 8.80. The van der Waals surface area contributed by atoms with Crippen LogP contribution in [-0.4, -0.2) is 111 Å². The number of hydrogen-bond acceptors (Lipinski definition) is 12. The summed E-state index contributed by atoms with van der Waals surface area (Å²) in [4.78, 5) is 58.2. The number of anilines is 4. The summed E-state index contributed by atoms with van der Waals surface area (Å²) >= 11 is 0. The third-order valence-corrected chi connectivity index (χ3v) is 12.2. The number of amides is 3. The molecule has 0 bridgehead atoms. The number of imide groups is 1. The summed E-state index contributed by atoms with van der Waals surface area (Å²) in [5.41, 5.74) is 9.54. The van der Waals surface area contributed by atoms with E-state index in [1.807, 2.05) is 59.4 Å². The van der Waals surface area contributed by atoms with E-state index in [-0.39, 0.29) is 17.7 Å². The van der Waals surface area contributed by atoms with Gasteiger partial charge in [0.1, 0.15) is 12.3 Å². The highest BCUT2D eigenvalue weighted by Gasteiger charge is 2.36. The van der Waals surface area contributed by atoms with Gasteiger partial charge in [-0.15, -0.1) is 0 Å². The third kappa shape index (κ3) is 7.05. The number of piperazine rings is 1. The monoisotopic (exact) mass is 791 g/mol. The van der Waals surface area contributed by atoms with Crippen LogP contribution in [0.4, 0.5) is 23.0 Å². The first kappa shape index (κ1) is 36.7. The molecule has 3 fully saturated rings. The number of hydrogen-bond donors (Lipinski definition) is 3. The Morgan fingerprint density at radius 2 is 1.80 bits per heavy atom. The van der Waals surface area contributed by atoms with Gasteiger partial charge in [-0.1, -0.05) is 24.3 Å². The van der Waals surface area contributed by atoms with Gasteiger partial charge in [-0.2, -0.15) is 5.10 Å². The minimum absolute atomic E-state index is 0.142. The van der Waals surface area contributed by atoms with E-state index in [2.05, 4.69) is 73.0 Å². The molecule has 1 unspecified atom stereocenters. The fourth-order valence-corrected chi connectivity index (χ4v) is 8.80. The molecule has 6 aromatic rings. The van der Waals surface area contributed by atoms with Crippen LogP contribution in [0.1, 0.15) is 35.6 Å². The molecule has 0 aliphatic carbocycles. The number of aryl methyl sites for hydroxylation is 1. The number of nitrogens with zero attached hydrogens (tertiary/aromatic N) is 8. The Hall–Kier alpha value is -6.61. The number of carbonyl (C=O) groups excluding carboxylic acids is 3. The van der Waals surface area contributed by atoms with E-state index in [0.29, 0.717) is 43.7 Å². The standard InChI is InChI=1S/C44H45N11O4/c1-26-35(23-46-43-40(26)45-13-18-59-43)28-5-6-29-22-47-44(49-36(29)20-28)48-30-7-3-27(4-8-30)19-39(57)55-24-32(25-55)54-16-14-53(15-17-54)31-9-10-33-37(21-31)52(2)51-41(33)34-11-12-38(56)50-42(34)58/h3-10,20-23,32,34,45H,11-19,24-25H2,1-2H3,(H,47,48,49)(H,50,56,58). The molecule has 3 aromatic carbocycles. The average Bonchev–Trinajstić information content (AvgIpc) is 3.56. The van der Waals surface area contributed by atoms with Crippen LogP contribution in [0.5, 0.6) is 5.88 Å². The smallest absolute Gasteiger partial charge is 0.237 e. The molecule has 15 heteroatoms. The van der Waals surface area contributed by atoms with Crippen LogP contribution in [0.15, 0.2) is 73.1 Å². The number of nitrogens with one attached hydrogen (secondary N) is 3. The van der Waals surface area contributed by atoms with Crippen LogP contribution < -0.4 is 25.6 Å². The van der Waals surface area contributed by atoms with E-state index in [1.54, 1.807) is 0 Å². The van der Waals surface area contributed by atoms with E-state index in [0.717, 1.165) is 113 Å². The summed E-state index contributed by atoms with van der Waals surface area (Å²) in [6, 6.07) is 20.7. The molecule has 3 N–H and O–H groups in total. The fraction of sp³-hybridized carbons (Fsp3) is 0.341. The molecule has 3 saturated heterocycles. The molecule has 300 valence electrons. The van der Waals surface area contributed by atoms with Crippen LogP contribution in [-0.2, 0) is 27.9 Å². The van der Waals surface area contributed by atoms with Crippen molar-refractivity contribution in [2.45, 2.75) is 38.1 Å². The Labute approximate surface area is 340 Å². The molecule has 0 saturated carbocycles. The van der Waals surface area contributed by atoms with Crippen molar-refractivity contribution in [1.29, 1.82) is 0 Å². The summed E-state index contributed by atoms with van der Waals surface area (Å²) in [6.07, 6.45) is 4.84. The zero-order valence-electron chi connectivity index (χ0n) is 33.1. The van der Waals surface area contributed by atoms with E-state index in [1.165, 1.54) is 0 Å². The van der Waals surface area contributed by atoms with Crippen molar-refractivity contribution >= 4 is 62.5 Å². The molecule has 15 nitrogen and oxygen atoms in total. The number of ether oxygens (including phenoxy) is 1. The Morgan fingerprint density at radius 1 is 0.966 bits per heavy atom. The third-order valence-electron chi connectivity index (χ3n) is 12.2. The average molecular weight is 792 g/mol. The second kappa shape index (κ2) is 15.0. The molecule has 0 radical (unpaired) electrons. The molecule has 4 aliphatic rings. The van der Waals surface area contributed by atoms with Gasteiger partial charge in [0, 0.05) is 105 Å².